The SMILES string of the molecule is CC[C@]1(O)CC[C@@]2(C)C(=CC[C@H]3[C@@H]4CC[C@H]([C@H](C)[C@H](O)CCC(C)C)[C@@]4(C)CC[C@@H]32)C1.CC[C@]1(O)CC[C@@]2(C)[C@@H](CC[C@@H]3[C@@H]2CC[C@]2(C)[C@@H]([C@H](C)[C@H](O)CCC(C)C)CC[C@@H]32)C1.CC[C@]1(O)CC[C@@]2(C)[C@H](CC[C@@H]3[C@@H]2CC[C@]2(C)[C@@H]([C@H](C)[C@H](O)CCC(C)C)CC[C@@H]32)C1. The molecule has 0 aliphatic heterocycles. The number of fused-ring (bicyclic) bond motifs is 15. The predicted octanol–water partition coefficient (Wildman–Crippen LogP) is 21.6. The molecule has 0 heterocycles. The first-order chi connectivity index (χ1) is 43.6. The molecule has 0 unspecified atom stereocenters. The average Bonchev–Trinajstić information content (AvgIpc) is 1.67. The molecule has 12 aliphatic rings. The van der Waals surface area contributed by atoms with E-state index in [9.17, 15) is 30.6 Å². The van der Waals surface area contributed by atoms with Gasteiger partial charge in [-0.1, -0.05) is 136 Å². The second-order valence-electron chi connectivity index (χ2n) is 40.3. The minimum atomic E-state index is -0.457. The molecule has 93 heavy (non-hydrogen) atoms. The van der Waals surface area contributed by atoms with Gasteiger partial charge in [0.25, 0.3) is 0 Å². The molecule has 538 valence electrons. The molecule has 0 amide bonds. The Labute approximate surface area is 574 Å². The molecule has 0 bridgehead atoms. The highest BCUT2D eigenvalue weighted by molar-refractivity contribution is 5.27. The number of hydrogen-bond acceptors (Lipinski definition) is 6. The fourth-order valence-corrected chi connectivity index (χ4v) is 28.1. The number of aliphatic hydroxyl groups is 6. The predicted molar refractivity (Wildman–Crippen MR) is 389 cm³/mol. The molecule has 6 N–H and O–H groups in total. The molecule has 0 aromatic rings. The van der Waals surface area contributed by atoms with E-state index in [0.717, 1.165) is 161 Å². The first-order valence-corrected chi connectivity index (χ1v) is 41.5. The minimum absolute atomic E-state index is 0.126. The summed E-state index contributed by atoms with van der Waals surface area (Å²) in [7, 11) is 0. The van der Waals surface area contributed by atoms with Gasteiger partial charge >= 0.3 is 0 Å². The lowest BCUT2D eigenvalue weighted by atomic mass is 9.43. The van der Waals surface area contributed by atoms with E-state index < -0.39 is 5.60 Å². The zero-order valence-corrected chi connectivity index (χ0v) is 64.3. The summed E-state index contributed by atoms with van der Waals surface area (Å²) >= 11 is 0. The van der Waals surface area contributed by atoms with E-state index in [-0.39, 0.29) is 29.5 Å². The summed E-state index contributed by atoms with van der Waals surface area (Å²) in [5.41, 5.74) is 2.83. The number of aliphatic hydroxyl groups excluding tert-OH is 3. The molecule has 12 aliphatic carbocycles. The van der Waals surface area contributed by atoms with Crippen LogP contribution < -0.4 is 0 Å². The summed E-state index contributed by atoms with van der Waals surface area (Å²) in [4.78, 5) is 0. The Morgan fingerprint density at radius 2 is 0.688 bits per heavy atom. The fourth-order valence-electron chi connectivity index (χ4n) is 28.1. The van der Waals surface area contributed by atoms with Gasteiger partial charge in [-0.3, -0.25) is 0 Å². The summed E-state index contributed by atoms with van der Waals surface area (Å²) in [6.45, 7) is 42.8. The van der Waals surface area contributed by atoms with E-state index >= 15 is 0 Å². The lowest BCUT2D eigenvalue weighted by Gasteiger charge is -2.62. The normalized spacial score (nSPS) is 48.4. The van der Waals surface area contributed by atoms with Crippen LogP contribution in [0.2, 0.25) is 0 Å². The van der Waals surface area contributed by atoms with E-state index in [0.29, 0.717) is 85.8 Å². The third-order valence-electron chi connectivity index (χ3n) is 34.9. The molecule has 12 rings (SSSR count). The van der Waals surface area contributed by atoms with Gasteiger partial charge in [0.1, 0.15) is 0 Å². The molecule has 0 spiro atoms. The third-order valence-corrected chi connectivity index (χ3v) is 34.9. The van der Waals surface area contributed by atoms with Crippen LogP contribution in [0.3, 0.4) is 0 Å². The van der Waals surface area contributed by atoms with Gasteiger partial charge in [-0.2, -0.15) is 0 Å². The summed E-state index contributed by atoms with van der Waals surface area (Å²) in [6, 6.07) is 0. The maximum Gasteiger partial charge on any atom is 0.0682 e. The topological polar surface area (TPSA) is 121 Å². The summed E-state index contributed by atoms with van der Waals surface area (Å²) in [6.07, 6.45) is 43.9. The molecule has 0 aromatic carbocycles. The van der Waals surface area contributed by atoms with Crippen molar-refractivity contribution in [3.8, 4) is 0 Å². The quantitative estimate of drug-likeness (QED) is 0.0761. The highest BCUT2D eigenvalue weighted by Gasteiger charge is 2.65. The Bertz CT molecular complexity index is 2360. The smallest absolute Gasteiger partial charge is 0.0682 e. The van der Waals surface area contributed by atoms with Crippen LogP contribution in [0.25, 0.3) is 0 Å². The molecule has 29 atom stereocenters. The average molecular weight is 1300 g/mol. The zero-order chi connectivity index (χ0) is 67.8. The van der Waals surface area contributed by atoms with Crippen molar-refractivity contribution in [3.05, 3.63) is 11.6 Å². The van der Waals surface area contributed by atoms with Gasteiger partial charge in [-0.05, 0) is 376 Å². The lowest BCUT2D eigenvalue weighted by molar-refractivity contribution is -0.154. The molecule has 6 heteroatoms. The highest BCUT2D eigenvalue weighted by atomic mass is 16.3. The van der Waals surface area contributed by atoms with Gasteiger partial charge in [-0.25, -0.2) is 0 Å². The molecule has 11 saturated carbocycles. The van der Waals surface area contributed by atoms with Crippen molar-refractivity contribution < 1.29 is 30.6 Å². The number of rotatable bonds is 18. The van der Waals surface area contributed by atoms with Crippen LogP contribution in [-0.4, -0.2) is 65.8 Å². The lowest BCUT2D eigenvalue weighted by Crippen LogP contribution is -2.56. The Hall–Kier alpha value is -0.500. The van der Waals surface area contributed by atoms with E-state index in [1.54, 1.807) is 5.57 Å². The van der Waals surface area contributed by atoms with Crippen LogP contribution in [0.1, 0.15) is 349 Å². The van der Waals surface area contributed by atoms with E-state index in [2.05, 4.69) is 131 Å². The molecular formula is C87H154O6. The second kappa shape index (κ2) is 28.7. The van der Waals surface area contributed by atoms with Gasteiger partial charge in [0.15, 0.2) is 0 Å². The molecule has 0 saturated heterocycles. The Morgan fingerprint density at radius 1 is 0.355 bits per heavy atom. The first-order valence-electron chi connectivity index (χ1n) is 41.5. The summed E-state index contributed by atoms with van der Waals surface area (Å²) in [5.74, 6) is 14.5. The van der Waals surface area contributed by atoms with Gasteiger partial charge in [0, 0.05) is 0 Å². The number of hydrogen-bond donors (Lipinski definition) is 6. The maximum atomic E-state index is 11.0. The standard InChI is InChI=1S/2C29H52O2.C29H50O2/c3*1-7-29(31)17-16-27(5)21(18-29)9-10-22-24-12-11-23(28(24,6)15-14-25(22)27)20(4)26(30)13-8-19(2)3/h2*19-26,30-31H,7-18H2,1-6H3;9,19-20,22-26,30-31H,7-8,10-18H2,1-6H3/t20-,21+,22-,23+,24-,25-,26+,27-,28+,29-;20-,21-,22-,23+,24-,25-,26+,27-,28+,29-;20-,22-,23+,24-,25-,26+,27-,28+,29-/m000/s1. The second-order valence-corrected chi connectivity index (χ2v) is 40.3. The summed E-state index contributed by atoms with van der Waals surface area (Å²) in [5, 5.41) is 66.0. The van der Waals surface area contributed by atoms with Crippen molar-refractivity contribution in [1.82, 2.24) is 0 Å². The Morgan fingerprint density at radius 3 is 1.04 bits per heavy atom. The Balaban J connectivity index is 0.000000153. The minimum Gasteiger partial charge on any atom is -0.393 e. The van der Waals surface area contributed by atoms with Gasteiger partial charge in [0.2, 0.25) is 0 Å². The van der Waals surface area contributed by atoms with E-state index in [1.165, 1.54) is 128 Å². The molecular weight excluding hydrogens is 1140 g/mol. The van der Waals surface area contributed by atoms with Crippen molar-refractivity contribution in [2.45, 2.75) is 384 Å². The van der Waals surface area contributed by atoms with Crippen LogP contribution in [0.15, 0.2) is 11.6 Å². The summed E-state index contributed by atoms with van der Waals surface area (Å²) < 4.78 is 0. The van der Waals surface area contributed by atoms with Gasteiger partial charge in [-0.15, -0.1) is 0 Å². The zero-order valence-electron chi connectivity index (χ0n) is 64.3. The first kappa shape index (κ1) is 75.2. The van der Waals surface area contributed by atoms with Gasteiger partial charge < -0.3 is 30.6 Å². The number of allylic oxidation sites excluding steroid dienone is 1. The monoisotopic (exact) mass is 1300 g/mol. The van der Waals surface area contributed by atoms with E-state index in [1.807, 2.05) is 0 Å². The van der Waals surface area contributed by atoms with Crippen molar-refractivity contribution in [3.63, 3.8) is 0 Å². The van der Waals surface area contributed by atoms with Crippen LogP contribution in [-0.2, 0) is 0 Å². The van der Waals surface area contributed by atoms with Crippen LogP contribution in [0.4, 0.5) is 0 Å². The molecule has 0 aromatic heterocycles. The fraction of sp³-hybridized carbons (Fsp3) is 0.977. The van der Waals surface area contributed by atoms with Crippen molar-refractivity contribution in [2.24, 2.45) is 151 Å². The van der Waals surface area contributed by atoms with Crippen molar-refractivity contribution in [1.29, 1.82) is 0 Å². The van der Waals surface area contributed by atoms with E-state index in [4.69, 9.17) is 0 Å². The molecule has 11 fully saturated rings. The van der Waals surface area contributed by atoms with Crippen molar-refractivity contribution in [2.75, 3.05) is 0 Å². The molecule has 6 nitrogen and oxygen atoms in total. The largest absolute Gasteiger partial charge is 0.393 e. The van der Waals surface area contributed by atoms with Crippen LogP contribution in [0.5, 0.6) is 0 Å². The Kier molecular flexibility index (Phi) is 23.2. The van der Waals surface area contributed by atoms with Crippen LogP contribution >= 0.6 is 0 Å². The van der Waals surface area contributed by atoms with Crippen molar-refractivity contribution >= 4 is 0 Å². The highest BCUT2D eigenvalue weighted by Crippen LogP contribution is 2.73. The van der Waals surface area contributed by atoms with Gasteiger partial charge in [0.05, 0.1) is 35.1 Å². The molecule has 0 radical (unpaired) electrons. The maximum absolute atomic E-state index is 11.0. The van der Waals surface area contributed by atoms with Crippen LogP contribution in [0, 0.1) is 151 Å². The third kappa shape index (κ3) is 14.2.